The van der Waals surface area contributed by atoms with Crippen molar-refractivity contribution in [1.29, 1.82) is 0 Å². The Morgan fingerprint density at radius 3 is 3.17 bits per heavy atom. The Bertz CT molecular complexity index is 299. The molecule has 2 nitrogen and oxygen atoms in total. The summed E-state index contributed by atoms with van der Waals surface area (Å²) in [6.45, 7) is 0.406. The van der Waals surface area contributed by atoms with Gasteiger partial charge in [0.25, 0.3) is 0 Å². The molecule has 0 aromatic heterocycles. The van der Waals surface area contributed by atoms with E-state index in [1.807, 2.05) is 18.2 Å². The molecule has 1 heterocycles. The lowest BCUT2D eigenvalue weighted by molar-refractivity contribution is 0.0921. The lowest BCUT2D eigenvalue weighted by Gasteiger charge is -2.21. The van der Waals surface area contributed by atoms with Crippen LogP contribution in [0.2, 0.25) is 0 Å². The van der Waals surface area contributed by atoms with Crippen molar-refractivity contribution in [3.63, 3.8) is 0 Å². The summed E-state index contributed by atoms with van der Waals surface area (Å²) in [5.41, 5.74) is 1.08. The van der Waals surface area contributed by atoms with Crippen molar-refractivity contribution < 1.29 is 9.84 Å². The smallest absolute Gasteiger partial charge is 0.123 e. The van der Waals surface area contributed by atoms with Crippen LogP contribution in [-0.4, -0.2) is 17.8 Å². The van der Waals surface area contributed by atoms with Gasteiger partial charge in [0, 0.05) is 10.9 Å². The molecule has 2 rings (SSSR count). The van der Waals surface area contributed by atoms with Crippen LogP contribution in [0.25, 0.3) is 0 Å². The molecule has 1 aliphatic heterocycles. The largest absolute Gasteiger partial charge is 0.491 e. The first-order valence-electron chi connectivity index (χ1n) is 3.85. The lowest BCUT2D eigenvalue weighted by Crippen LogP contribution is -2.25. The first-order chi connectivity index (χ1) is 5.75. The fourth-order valence-electron chi connectivity index (χ4n) is 1.33. The zero-order valence-corrected chi connectivity index (χ0v) is 8.04. The molecular weight excluding hydrogens is 220 g/mol. The van der Waals surface area contributed by atoms with Crippen LogP contribution in [0.5, 0.6) is 5.75 Å². The zero-order chi connectivity index (χ0) is 8.55. The Morgan fingerprint density at radius 1 is 1.50 bits per heavy atom. The first-order valence-corrected chi connectivity index (χ1v) is 4.64. The maximum absolute atomic E-state index is 9.29. The standard InChI is InChI=1S/C9H9BrO2/c10-7-2-1-6-3-8(11)5-12-9(6)4-7/h1-2,4,8,11H,3,5H2. The number of halogens is 1. The number of fused-ring (bicyclic) bond motifs is 1. The number of aliphatic hydroxyl groups excluding tert-OH is 1. The molecule has 0 saturated carbocycles. The zero-order valence-electron chi connectivity index (χ0n) is 6.46. The predicted octanol–water partition coefficient (Wildman–Crippen LogP) is 1.74. The summed E-state index contributed by atoms with van der Waals surface area (Å²) in [6, 6.07) is 5.86. The van der Waals surface area contributed by atoms with Gasteiger partial charge < -0.3 is 9.84 Å². The van der Waals surface area contributed by atoms with Crippen molar-refractivity contribution in [3.05, 3.63) is 28.2 Å². The molecule has 1 unspecified atom stereocenters. The maximum atomic E-state index is 9.29. The molecule has 12 heavy (non-hydrogen) atoms. The topological polar surface area (TPSA) is 29.5 Å². The normalized spacial score (nSPS) is 21.3. The monoisotopic (exact) mass is 228 g/mol. The number of ether oxygens (including phenoxy) is 1. The molecule has 3 heteroatoms. The van der Waals surface area contributed by atoms with E-state index < -0.39 is 0 Å². The van der Waals surface area contributed by atoms with Crippen molar-refractivity contribution in [2.75, 3.05) is 6.61 Å². The van der Waals surface area contributed by atoms with E-state index in [0.29, 0.717) is 13.0 Å². The van der Waals surface area contributed by atoms with Gasteiger partial charge in [0.15, 0.2) is 0 Å². The van der Waals surface area contributed by atoms with Gasteiger partial charge in [-0.3, -0.25) is 0 Å². The molecule has 1 aliphatic rings. The Morgan fingerprint density at radius 2 is 2.33 bits per heavy atom. The number of aliphatic hydroxyl groups is 1. The third-order valence-electron chi connectivity index (χ3n) is 1.92. The third-order valence-corrected chi connectivity index (χ3v) is 2.41. The molecule has 0 fully saturated rings. The van der Waals surface area contributed by atoms with Gasteiger partial charge in [-0.1, -0.05) is 22.0 Å². The van der Waals surface area contributed by atoms with E-state index in [0.717, 1.165) is 15.8 Å². The van der Waals surface area contributed by atoms with Crippen LogP contribution >= 0.6 is 15.9 Å². The van der Waals surface area contributed by atoms with Crippen LogP contribution < -0.4 is 4.74 Å². The molecule has 1 atom stereocenters. The quantitative estimate of drug-likeness (QED) is 0.734. The van der Waals surface area contributed by atoms with Crippen LogP contribution in [0.4, 0.5) is 0 Å². The molecule has 0 aliphatic carbocycles. The van der Waals surface area contributed by atoms with Crippen LogP contribution in [-0.2, 0) is 6.42 Å². The van der Waals surface area contributed by atoms with Gasteiger partial charge >= 0.3 is 0 Å². The number of rotatable bonds is 0. The highest BCUT2D eigenvalue weighted by molar-refractivity contribution is 9.10. The molecule has 1 aromatic rings. The molecule has 0 spiro atoms. The SMILES string of the molecule is OC1COc2cc(Br)ccc2C1. The highest BCUT2D eigenvalue weighted by atomic mass is 79.9. The van der Waals surface area contributed by atoms with Crippen molar-refractivity contribution in [1.82, 2.24) is 0 Å². The third kappa shape index (κ3) is 1.47. The average Bonchev–Trinajstić information content (AvgIpc) is 2.05. The van der Waals surface area contributed by atoms with Crippen molar-refractivity contribution in [3.8, 4) is 5.75 Å². The summed E-state index contributed by atoms with van der Waals surface area (Å²) < 4.78 is 6.35. The van der Waals surface area contributed by atoms with Gasteiger partial charge in [-0.05, 0) is 17.7 Å². The molecule has 0 radical (unpaired) electrons. The second-order valence-corrected chi connectivity index (χ2v) is 3.84. The first kappa shape index (κ1) is 8.08. The van der Waals surface area contributed by atoms with Crippen molar-refractivity contribution >= 4 is 15.9 Å². The Kier molecular flexibility index (Phi) is 2.07. The number of benzene rings is 1. The second-order valence-electron chi connectivity index (χ2n) is 2.92. The van der Waals surface area contributed by atoms with Crippen LogP contribution in [0.3, 0.4) is 0 Å². The van der Waals surface area contributed by atoms with E-state index >= 15 is 0 Å². The average molecular weight is 229 g/mol. The van der Waals surface area contributed by atoms with Gasteiger partial charge in [0.05, 0.1) is 6.10 Å². The minimum Gasteiger partial charge on any atom is -0.491 e. The summed E-state index contributed by atoms with van der Waals surface area (Å²) >= 11 is 3.36. The second kappa shape index (κ2) is 3.07. The number of hydrogen-bond donors (Lipinski definition) is 1. The number of hydrogen-bond acceptors (Lipinski definition) is 2. The predicted molar refractivity (Wildman–Crippen MR) is 49.3 cm³/mol. The van der Waals surface area contributed by atoms with Gasteiger partial charge in [0.2, 0.25) is 0 Å². The van der Waals surface area contributed by atoms with Crippen LogP contribution in [0, 0.1) is 0 Å². The molecular formula is C9H9BrO2. The van der Waals surface area contributed by atoms with Gasteiger partial charge in [-0.25, -0.2) is 0 Å². The van der Waals surface area contributed by atoms with E-state index in [2.05, 4.69) is 15.9 Å². The maximum Gasteiger partial charge on any atom is 0.123 e. The summed E-state index contributed by atoms with van der Waals surface area (Å²) in [6.07, 6.45) is 0.349. The van der Waals surface area contributed by atoms with Gasteiger partial charge in [0.1, 0.15) is 12.4 Å². The van der Waals surface area contributed by atoms with Gasteiger partial charge in [-0.2, -0.15) is 0 Å². The summed E-state index contributed by atoms with van der Waals surface area (Å²) in [7, 11) is 0. The van der Waals surface area contributed by atoms with E-state index in [4.69, 9.17) is 4.74 Å². The molecule has 0 bridgehead atoms. The van der Waals surface area contributed by atoms with Crippen molar-refractivity contribution in [2.45, 2.75) is 12.5 Å². The Balaban J connectivity index is 2.37. The molecule has 1 N–H and O–H groups in total. The van der Waals surface area contributed by atoms with Crippen LogP contribution in [0.15, 0.2) is 22.7 Å². The van der Waals surface area contributed by atoms with E-state index in [1.165, 1.54) is 0 Å². The lowest BCUT2D eigenvalue weighted by atomic mass is 10.1. The minimum absolute atomic E-state index is 0.348. The van der Waals surface area contributed by atoms with E-state index in [-0.39, 0.29) is 6.10 Å². The fraction of sp³-hybridized carbons (Fsp3) is 0.333. The molecule has 64 valence electrons. The molecule has 0 saturated heterocycles. The molecule has 1 aromatic carbocycles. The Hall–Kier alpha value is -0.540. The highest BCUT2D eigenvalue weighted by Gasteiger charge is 2.16. The highest BCUT2D eigenvalue weighted by Crippen LogP contribution is 2.27. The van der Waals surface area contributed by atoms with E-state index in [1.54, 1.807) is 0 Å². The summed E-state index contributed by atoms with van der Waals surface area (Å²) in [5, 5.41) is 9.29. The van der Waals surface area contributed by atoms with Crippen LogP contribution in [0.1, 0.15) is 5.56 Å². The Labute approximate surface area is 79.3 Å². The molecule has 0 amide bonds. The summed E-state index contributed by atoms with van der Waals surface area (Å²) in [5.74, 6) is 0.884. The minimum atomic E-state index is -0.348. The van der Waals surface area contributed by atoms with Crippen molar-refractivity contribution in [2.24, 2.45) is 0 Å². The van der Waals surface area contributed by atoms with Gasteiger partial charge in [-0.15, -0.1) is 0 Å². The summed E-state index contributed by atoms with van der Waals surface area (Å²) in [4.78, 5) is 0. The fourth-order valence-corrected chi connectivity index (χ4v) is 1.67. The van der Waals surface area contributed by atoms with E-state index in [9.17, 15) is 5.11 Å².